The van der Waals surface area contributed by atoms with Crippen LogP contribution in [0.1, 0.15) is 0 Å². The monoisotopic (exact) mass is 704 g/mol. The van der Waals surface area contributed by atoms with Crippen LogP contribution in [0.15, 0.2) is 199 Å². The molecule has 258 valence electrons. The van der Waals surface area contributed by atoms with E-state index in [4.69, 9.17) is 24.4 Å². The molecule has 5 heteroatoms. The molecule has 10 rings (SSSR count). The van der Waals surface area contributed by atoms with Crippen LogP contribution in [0.3, 0.4) is 0 Å². The average Bonchev–Trinajstić information content (AvgIpc) is 3.67. The van der Waals surface area contributed by atoms with E-state index in [1.165, 1.54) is 5.56 Å². The Balaban J connectivity index is 1.10. The normalized spacial score (nSPS) is 11.3. The minimum Gasteiger partial charge on any atom is -0.454 e. The second kappa shape index (κ2) is 13.8. The predicted octanol–water partition coefficient (Wildman–Crippen LogP) is 12.8. The van der Waals surface area contributed by atoms with E-state index in [1.54, 1.807) is 0 Å². The highest BCUT2D eigenvalue weighted by molar-refractivity contribution is 6.14. The molecule has 0 bridgehead atoms. The lowest BCUT2D eigenvalue weighted by atomic mass is 10.0. The Kier molecular flexibility index (Phi) is 8.08. The summed E-state index contributed by atoms with van der Waals surface area (Å²) >= 11 is 0. The van der Waals surface area contributed by atoms with Gasteiger partial charge in [-0.1, -0.05) is 176 Å². The quantitative estimate of drug-likeness (QED) is 0.165. The third kappa shape index (κ3) is 6.14. The standard InChI is InChI=1S/C50H32N4O/c1-4-11-33(12-5-1)36-19-25-39(26-20-36)46-47-42(31-32-51-46)45-43(17-10-18-44(45)55-47)50-53-48(40-27-21-37(22-28-40)34-13-6-2-7-14-34)52-49(54-50)41-29-23-38(24-30-41)35-15-8-3-9-16-35/h1-32H. The van der Waals surface area contributed by atoms with Crippen LogP contribution in [0.5, 0.6) is 0 Å². The minimum absolute atomic E-state index is 0.568. The zero-order valence-electron chi connectivity index (χ0n) is 29.7. The summed E-state index contributed by atoms with van der Waals surface area (Å²) in [5.74, 6) is 1.76. The molecule has 0 saturated carbocycles. The van der Waals surface area contributed by atoms with Gasteiger partial charge in [0.1, 0.15) is 11.3 Å². The predicted molar refractivity (Wildman–Crippen MR) is 223 cm³/mol. The van der Waals surface area contributed by atoms with Gasteiger partial charge in [0.2, 0.25) is 0 Å². The maximum Gasteiger partial charge on any atom is 0.164 e. The molecule has 0 radical (unpaired) electrons. The Labute approximate surface area is 318 Å². The van der Waals surface area contributed by atoms with E-state index < -0.39 is 0 Å². The van der Waals surface area contributed by atoms with Crippen molar-refractivity contribution in [1.82, 2.24) is 19.9 Å². The van der Waals surface area contributed by atoms with Crippen molar-refractivity contribution in [3.63, 3.8) is 0 Å². The van der Waals surface area contributed by atoms with Crippen LogP contribution in [0, 0.1) is 0 Å². The summed E-state index contributed by atoms with van der Waals surface area (Å²) in [4.78, 5) is 20.2. The molecule has 0 fully saturated rings. The van der Waals surface area contributed by atoms with E-state index in [0.29, 0.717) is 17.5 Å². The molecule has 0 atom stereocenters. The highest BCUT2D eigenvalue weighted by Gasteiger charge is 2.20. The molecule has 5 nitrogen and oxygen atoms in total. The molecule has 0 aliphatic rings. The molecule has 55 heavy (non-hydrogen) atoms. The molecule has 0 spiro atoms. The largest absolute Gasteiger partial charge is 0.454 e. The van der Waals surface area contributed by atoms with Gasteiger partial charge in [-0.15, -0.1) is 0 Å². The van der Waals surface area contributed by atoms with Crippen molar-refractivity contribution in [2.45, 2.75) is 0 Å². The second-order valence-corrected chi connectivity index (χ2v) is 13.5. The lowest BCUT2D eigenvalue weighted by Crippen LogP contribution is -2.00. The Hall–Kier alpha value is -7.50. The number of pyridine rings is 1. The molecule has 0 N–H and O–H groups in total. The van der Waals surface area contributed by atoms with Gasteiger partial charge in [0, 0.05) is 39.2 Å². The lowest BCUT2D eigenvalue weighted by Gasteiger charge is -2.10. The van der Waals surface area contributed by atoms with Crippen molar-refractivity contribution in [3.8, 4) is 78.8 Å². The number of hydrogen-bond donors (Lipinski definition) is 0. The Morgan fingerprint density at radius 1 is 0.327 bits per heavy atom. The molecule has 3 aromatic heterocycles. The number of hydrogen-bond acceptors (Lipinski definition) is 5. The summed E-state index contributed by atoms with van der Waals surface area (Å²) < 4.78 is 6.62. The van der Waals surface area contributed by atoms with Crippen molar-refractivity contribution < 1.29 is 4.42 Å². The molecular formula is C50H32N4O. The zero-order chi connectivity index (χ0) is 36.6. The van der Waals surface area contributed by atoms with Crippen LogP contribution in [-0.4, -0.2) is 19.9 Å². The third-order valence-electron chi connectivity index (χ3n) is 10.1. The van der Waals surface area contributed by atoms with Crippen molar-refractivity contribution in [3.05, 3.63) is 194 Å². The van der Waals surface area contributed by atoms with Crippen LogP contribution in [0.4, 0.5) is 0 Å². The average molecular weight is 705 g/mol. The van der Waals surface area contributed by atoms with Crippen LogP contribution < -0.4 is 0 Å². The summed E-state index contributed by atoms with van der Waals surface area (Å²) in [6.45, 7) is 0. The van der Waals surface area contributed by atoms with Crippen molar-refractivity contribution in [2.75, 3.05) is 0 Å². The molecule has 7 aromatic carbocycles. The Morgan fingerprint density at radius 2 is 0.745 bits per heavy atom. The molecule has 10 aromatic rings. The van der Waals surface area contributed by atoms with Gasteiger partial charge >= 0.3 is 0 Å². The summed E-state index contributed by atoms with van der Waals surface area (Å²) in [5, 5.41) is 1.88. The number of furan rings is 1. The fourth-order valence-electron chi connectivity index (χ4n) is 7.23. The topological polar surface area (TPSA) is 64.7 Å². The highest BCUT2D eigenvalue weighted by Crippen LogP contribution is 2.40. The fraction of sp³-hybridized carbons (Fsp3) is 0. The highest BCUT2D eigenvalue weighted by atomic mass is 16.3. The van der Waals surface area contributed by atoms with E-state index in [0.717, 1.165) is 77.7 Å². The molecular weight excluding hydrogens is 673 g/mol. The number of aromatic nitrogens is 4. The van der Waals surface area contributed by atoms with Crippen LogP contribution in [0.25, 0.3) is 101 Å². The van der Waals surface area contributed by atoms with Crippen LogP contribution >= 0.6 is 0 Å². The molecule has 0 saturated heterocycles. The van der Waals surface area contributed by atoms with Crippen LogP contribution in [0.2, 0.25) is 0 Å². The number of rotatable bonds is 7. The van der Waals surface area contributed by atoms with Crippen LogP contribution in [-0.2, 0) is 0 Å². The zero-order valence-corrected chi connectivity index (χ0v) is 29.7. The lowest BCUT2D eigenvalue weighted by molar-refractivity contribution is 0.668. The maximum absolute atomic E-state index is 6.62. The minimum atomic E-state index is 0.568. The van der Waals surface area contributed by atoms with Gasteiger partial charge in [-0.05, 0) is 45.5 Å². The molecule has 0 amide bonds. The number of fused-ring (bicyclic) bond motifs is 3. The van der Waals surface area contributed by atoms with Gasteiger partial charge in [0.05, 0.1) is 0 Å². The first-order valence-corrected chi connectivity index (χ1v) is 18.3. The van der Waals surface area contributed by atoms with Gasteiger partial charge in [-0.3, -0.25) is 4.98 Å². The van der Waals surface area contributed by atoms with E-state index in [2.05, 4.69) is 152 Å². The van der Waals surface area contributed by atoms with Gasteiger partial charge < -0.3 is 4.42 Å². The summed E-state index contributed by atoms with van der Waals surface area (Å²) in [6, 6.07) is 64.4. The number of nitrogens with zero attached hydrogens (tertiary/aromatic N) is 4. The van der Waals surface area contributed by atoms with Gasteiger partial charge in [-0.2, -0.15) is 0 Å². The molecule has 0 unspecified atom stereocenters. The molecule has 0 aliphatic heterocycles. The van der Waals surface area contributed by atoms with E-state index in [-0.39, 0.29) is 0 Å². The summed E-state index contributed by atoms with van der Waals surface area (Å²) in [7, 11) is 0. The Bertz CT molecular complexity index is 2820. The first-order chi connectivity index (χ1) is 27.2. The summed E-state index contributed by atoms with van der Waals surface area (Å²) in [5.41, 5.74) is 12.8. The third-order valence-corrected chi connectivity index (χ3v) is 10.1. The van der Waals surface area contributed by atoms with Gasteiger partial charge in [-0.25, -0.2) is 15.0 Å². The Morgan fingerprint density at radius 3 is 1.24 bits per heavy atom. The van der Waals surface area contributed by atoms with Crippen molar-refractivity contribution >= 4 is 21.9 Å². The van der Waals surface area contributed by atoms with Crippen molar-refractivity contribution in [1.29, 1.82) is 0 Å². The maximum atomic E-state index is 6.62. The SMILES string of the molecule is c1ccc(-c2ccc(-c3nc(-c4ccc(-c5ccccc5)cc4)nc(-c4cccc5oc6c(-c7ccc(-c8ccccc8)cc7)nccc6c45)n3)cc2)cc1. The smallest absolute Gasteiger partial charge is 0.164 e. The summed E-state index contributed by atoms with van der Waals surface area (Å²) in [6.07, 6.45) is 1.85. The number of benzene rings is 7. The van der Waals surface area contributed by atoms with Crippen molar-refractivity contribution in [2.24, 2.45) is 0 Å². The van der Waals surface area contributed by atoms with Gasteiger partial charge in [0.25, 0.3) is 0 Å². The fourth-order valence-corrected chi connectivity index (χ4v) is 7.23. The molecule has 3 heterocycles. The first-order valence-electron chi connectivity index (χ1n) is 18.3. The second-order valence-electron chi connectivity index (χ2n) is 13.5. The van der Waals surface area contributed by atoms with E-state index >= 15 is 0 Å². The molecule has 0 aliphatic carbocycles. The van der Waals surface area contributed by atoms with Gasteiger partial charge in [0.15, 0.2) is 23.1 Å². The van der Waals surface area contributed by atoms with E-state index in [9.17, 15) is 0 Å². The first kappa shape index (κ1) is 32.2. The van der Waals surface area contributed by atoms with E-state index in [1.807, 2.05) is 42.6 Å².